The van der Waals surface area contributed by atoms with Crippen molar-refractivity contribution in [3.63, 3.8) is 0 Å². The Bertz CT molecular complexity index is 1240. The molecule has 1 aromatic heterocycles. The van der Waals surface area contributed by atoms with Crippen LogP contribution in [0.1, 0.15) is 72.4 Å². The summed E-state index contributed by atoms with van der Waals surface area (Å²) in [4.78, 5) is 24.5. The van der Waals surface area contributed by atoms with E-state index in [1.54, 1.807) is 0 Å². The maximum atomic E-state index is 12.9. The Balaban J connectivity index is 1.28. The molecule has 0 radical (unpaired) electrons. The van der Waals surface area contributed by atoms with Crippen molar-refractivity contribution in [3.8, 4) is 0 Å². The van der Waals surface area contributed by atoms with Gasteiger partial charge in [-0.25, -0.2) is 0 Å². The zero-order chi connectivity index (χ0) is 26.0. The fraction of sp³-hybridized carbons (Fsp3) is 0.433. The Morgan fingerprint density at radius 2 is 1.68 bits per heavy atom. The number of aromatic nitrogens is 1. The first-order valence-corrected chi connectivity index (χ1v) is 12.8. The van der Waals surface area contributed by atoms with Crippen LogP contribution < -0.4 is 0 Å². The van der Waals surface area contributed by atoms with Crippen LogP contribution in [0, 0.1) is 6.92 Å². The summed E-state index contributed by atoms with van der Waals surface area (Å²) in [5, 5.41) is 4.23. The molecule has 2 aliphatic heterocycles. The second-order valence-corrected chi connectivity index (χ2v) is 10.3. The number of fused-ring (bicyclic) bond motifs is 3. The molecule has 1 saturated carbocycles. The molecule has 6 rings (SSSR count). The van der Waals surface area contributed by atoms with Crippen molar-refractivity contribution < 1.29 is 28.3 Å². The summed E-state index contributed by atoms with van der Waals surface area (Å²) in [7, 11) is 1.40. The number of benzene rings is 2. The molecule has 3 aromatic rings. The average molecular weight is 504 g/mol. The van der Waals surface area contributed by atoms with Crippen LogP contribution in [0.3, 0.4) is 0 Å². The lowest BCUT2D eigenvalue weighted by Crippen LogP contribution is -2.51. The zero-order valence-corrected chi connectivity index (χ0v) is 21.6. The predicted octanol–water partition coefficient (Wildman–Crippen LogP) is 5.28. The van der Waals surface area contributed by atoms with E-state index in [-0.39, 0.29) is 41.9 Å². The number of carbonyl (C=O) groups is 2. The van der Waals surface area contributed by atoms with Gasteiger partial charge in [0.1, 0.15) is 11.9 Å². The second-order valence-electron chi connectivity index (χ2n) is 10.3. The monoisotopic (exact) mass is 503 g/mol. The van der Waals surface area contributed by atoms with Gasteiger partial charge in [-0.3, -0.25) is 9.59 Å². The van der Waals surface area contributed by atoms with Gasteiger partial charge in [0.25, 0.3) is 0 Å². The second kappa shape index (κ2) is 10.1. The van der Waals surface area contributed by atoms with Crippen molar-refractivity contribution in [3.05, 3.63) is 88.3 Å². The summed E-state index contributed by atoms with van der Waals surface area (Å²) >= 11 is 0. The van der Waals surface area contributed by atoms with E-state index in [1.807, 2.05) is 56.3 Å². The van der Waals surface area contributed by atoms with Gasteiger partial charge in [-0.05, 0) is 56.2 Å². The summed E-state index contributed by atoms with van der Waals surface area (Å²) < 4.78 is 22.9. The van der Waals surface area contributed by atoms with Gasteiger partial charge in [0, 0.05) is 5.56 Å². The molecule has 0 N–H and O–H groups in total. The Morgan fingerprint density at radius 3 is 2.30 bits per heavy atom. The van der Waals surface area contributed by atoms with Crippen LogP contribution in [0.25, 0.3) is 0 Å². The van der Waals surface area contributed by atoms with Crippen molar-refractivity contribution in [2.24, 2.45) is 0 Å². The van der Waals surface area contributed by atoms with E-state index in [0.717, 1.165) is 59.4 Å². The van der Waals surface area contributed by atoms with Gasteiger partial charge in [0.15, 0.2) is 0 Å². The van der Waals surface area contributed by atoms with E-state index in [4.69, 9.17) is 18.7 Å². The first-order valence-electron chi connectivity index (χ1n) is 12.8. The number of methoxy groups -OCH3 is 1. The Morgan fingerprint density at radius 1 is 0.973 bits per heavy atom. The third kappa shape index (κ3) is 4.92. The SMILES string of the molecule is COC(=O)Cc1ccc(C23CCC(c4onc(C)c4CC(=O)O[C@H](C)c4ccccc4)(CC2)CO3)cc1. The summed E-state index contributed by atoms with van der Waals surface area (Å²) in [6.45, 7) is 4.26. The lowest BCUT2D eigenvalue weighted by molar-refractivity contribution is -0.168. The van der Waals surface area contributed by atoms with Gasteiger partial charge in [0.2, 0.25) is 0 Å². The number of nitrogens with zero attached hydrogens (tertiary/aromatic N) is 1. The number of esters is 2. The first kappa shape index (κ1) is 25.2. The highest BCUT2D eigenvalue weighted by Crippen LogP contribution is 2.55. The molecule has 0 unspecified atom stereocenters. The highest BCUT2D eigenvalue weighted by molar-refractivity contribution is 5.74. The van der Waals surface area contributed by atoms with Crippen molar-refractivity contribution in [1.82, 2.24) is 5.16 Å². The lowest BCUT2D eigenvalue weighted by atomic mass is 9.62. The molecule has 7 heteroatoms. The minimum Gasteiger partial charge on any atom is -0.469 e. The van der Waals surface area contributed by atoms with E-state index in [2.05, 4.69) is 17.3 Å². The van der Waals surface area contributed by atoms with Crippen LogP contribution in [0.2, 0.25) is 0 Å². The van der Waals surface area contributed by atoms with E-state index < -0.39 is 0 Å². The van der Waals surface area contributed by atoms with E-state index in [0.29, 0.717) is 6.61 Å². The maximum absolute atomic E-state index is 12.9. The molecule has 2 saturated heterocycles. The molecule has 0 spiro atoms. The molecule has 194 valence electrons. The molecule has 1 atom stereocenters. The van der Waals surface area contributed by atoms with Gasteiger partial charge < -0.3 is 18.7 Å². The number of ether oxygens (including phenoxy) is 3. The van der Waals surface area contributed by atoms with Crippen LogP contribution in [-0.4, -0.2) is 30.8 Å². The van der Waals surface area contributed by atoms with E-state index in [1.165, 1.54) is 7.11 Å². The number of carbonyl (C=O) groups excluding carboxylic acids is 2. The van der Waals surface area contributed by atoms with Crippen molar-refractivity contribution in [2.45, 2.75) is 69.5 Å². The van der Waals surface area contributed by atoms with Gasteiger partial charge in [-0.15, -0.1) is 0 Å². The molecule has 3 aliphatic rings. The predicted molar refractivity (Wildman–Crippen MR) is 136 cm³/mol. The number of aryl methyl sites for hydroxylation is 1. The highest BCUT2D eigenvalue weighted by Gasteiger charge is 2.54. The Hall–Kier alpha value is -3.45. The maximum Gasteiger partial charge on any atom is 0.311 e. The number of hydrogen-bond donors (Lipinski definition) is 0. The molecule has 2 bridgehead atoms. The third-order valence-corrected chi connectivity index (χ3v) is 8.06. The standard InChI is InChI=1S/C30H33NO6/c1-20-25(18-27(33)36-21(2)23-7-5-4-6-8-23)28(37-31-20)29-13-15-30(16-14-29,35-19-29)24-11-9-22(10-12-24)17-26(32)34-3/h4-12,21H,13-19H2,1-3H3/t21-,29?,30?/m1/s1. The molecular weight excluding hydrogens is 470 g/mol. The van der Waals surface area contributed by atoms with Crippen LogP contribution in [0.4, 0.5) is 0 Å². The molecule has 7 nitrogen and oxygen atoms in total. The van der Waals surface area contributed by atoms with Crippen molar-refractivity contribution in [1.29, 1.82) is 0 Å². The average Bonchev–Trinajstić information content (AvgIpc) is 3.30. The molecular formula is C30H33NO6. The minimum atomic E-state index is -0.342. The topological polar surface area (TPSA) is 87.9 Å². The molecule has 2 aromatic carbocycles. The summed E-state index contributed by atoms with van der Waals surface area (Å²) in [6.07, 6.45) is 3.50. The minimum absolute atomic E-state index is 0.121. The smallest absolute Gasteiger partial charge is 0.311 e. The summed E-state index contributed by atoms with van der Waals surface area (Å²) in [6, 6.07) is 17.8. The fourth-order valence-electron chi connectivity index (χ4n) is 5.72. The molecule has 37 heavy (non-hydrogen) atoms. The third-order valence-electron chi connectivity index (χ3n) is 8.06. The van der Waals surface area contributed by atoms with Crippen LogP contribution in [-0.2, 0) is 47.7 Å². The lowest BCUT2D eigenvalue weighted by Gasteiger charge is -2.52. The molecule has 3 heterocycles. The van der Waals surface area contributed by atoms with Crippen molar-refractivity contribution in [2.75, 3.05) is 13.7 Å². The summed E-state index contributed by atoms with van der Waals surface area (Å²) in [5.41, 5.74) is 3.90. The number of hydrogen-bond acceptors (Lipinski definition) is 7. The first-order chi connectivity index (χ1) is 17.8. The quantitative estimate of drug-likeness (QED) is 0.386. The number of rotatable bonds is 8. The molecule has 3 fully saturated rings. The van der Waals surface area contributed by atoms with E-state index in [9.17, 15) is 9.59 Å². The Labute approximate surface area is 217 Å². The van der Waals surface area contributed by atoms with Gasteiger partial charge >= 0.3 is 11.9 Å². The van der Waals surface area contributed by atoms with Gasteiger partial charge in [-0.1, -0.05) is 59.8 Å². The van der Waals surface area contributed by atoms with Crippen LogP contribution in [0.5, 0.6) is 0 Å². The summed E-state index contributed by atoms with van der Waals surface area (Å²) in [5.74, 6) is 0.212. The molecule has 1 aliphatic carbocycles. The van der Waals surface area contributed by atoms with Gasteiger partial charge in [0.05, 0.1) is 43.3 Å². The largest absolute Gasteiger partial charge is 0.469 e. The van der Waals surface area contributed by atoms with Gasteiger partial charge in [-0.2, -0.15) is 0 Å². The van der Waals surface area contributed by atoms with E-state index >= 15 is 0 Å². The van der Waals surface area contributed by atoms with Crippen LogP contribution >= 0.6 is 0 Å². The molecule has 0 amide bonds. The van der Waals surface area contributed by atoms with Crippen molar-refractivity contribution >= 4 is 11.9 Å². The van der Waals surface area contributed by atoms with Crippen LogP contribution in [0.15, 0.2) is 59.1 Å². The zero-order valence-electron chi connectivity index (χ0n) is 21.6. The highest BCUT2D eigenvalue weighted by atomic mass is 16.5. The normalized spacial score (nSPS) is 23.4. The fourth-order valence-corrected chi connectivity index (χ4v) is 5.72. The Kier molecular flexibility index (Phi) is 6.90.